The van der Waals surface area contributed by atoms with Crippen molar-refractivity contribution < 1.29 is 44.6 Å². The van der Waals surface area contributed by atoms with E-state index in [1.54, 1.807) is 0 Å². The second-order valence-electron chi connectivity index (χ2n) is 10.3. The molecule has 0 radical (unpaired) electrons. The highest BCUT2D eigenvalue weighted by molar-refractivity contribution is 7.89. The number of fused-ring (bicyclic) bond motifs is 1. The Morgan fingerprint density at radius 1 is 1.17 bits per heavy atom. The first-order valence-corrected chi connectivity index (χ1v) is 17.7. The molecule has 2 aromatic heterocycles. The molecule has 0 aliphatic heterocycles. The summed E-state index contributed by atoms with van der Waals surface area (Å²) in [6.07, 6.45) is -2.88. The number of benzene rings is 1. The van der Waals surface area contributed by atoms with E-state index in [0.29, 0.717) is 18.7 Å². The molecule has 10 nitrogen and oxygen atoms in total. The number of sulfonamides is 1. The number of hydrogen-bond donors (Lipinski definition) is 3. The Labute approximate surface area is 234 Å². The van der Waals surface area contributed by atoms with Crippen LogP contribution < -0.4 is 20.5 Å². The molecule has 0 atom stereocenters. The number of anilines is 1. The molecule has 2 amide bonds. The van der Waals surface area contributed by atoms with Gasteiger partial charge >= 0.3 is 12.2 Å². The average molecular weight is 624 g/mol. The Kier molecular flexibility index (Phi) is 9.99. The summed E-state index contributed by atoms with van der Waals surface area (Å²) in [4.78, 5) is 16.0. The second kappa shape index (κ2) is 12.7. The highest BCUT2D eigenvalue weighted by atomic mass is 32.2. The minimum Gasteiger partial charge on any atom is -0.450 e. The van der Waals surface area contributed by atoms with Crippen LogP contribution in [0.5, 0.6) is 11.5 Å². The Morgan fingerprint density at radius 3 is 2.41 bits per heavy atom. The largest absolute Gasteiger partial charge is 0.450 e. The molecule has 226 valence electrons. The first-order chi connectivity index (χ1) is 18.9. The molecular weight excluding hydrogens is 593 g/mol. The van der Waals surface area contributed by atoms with Crippen molar-refractivity contribution in [1.29, 1.82) is 0 Å². The first kappa shape index (κ1) is 32.2. The maximum absolute atomic E-state index is 14.8. The molecular formula is C24H30F5N5O5SSi. The van der Waals surface area contributed by atoms with Crippen LogP contribution in [0.15, 0.2) is 30.6 Å². The van der Waals surface area contributed by atoms with E-state index in [1.165, 1.54) is 0 Å². The van der Waals surface area contributed by atoms with Crippen molar-refractivity contribution in [2.24, 2.45) is 5.14 Å². The van der Waals surface area contributed by atoms with Gasteiger partial charge in [-0.15, -0.1) is 0 Å². The lowest BCUT2D eigenvalue weighted by Gasteiger charge is -2.15. The summed E-state index contributed by atoms with van der Waals surface area (Å²) in [5.74, 6) is -4.47. The minimum atomic E-state index is -4.84. The number of halogens is 5. The lowest BCUT2D eigenvalue weighted by atomic mass is 10.2. The van der Waals surface area contributed by atoms with E-state index in [2.05, 4.69) is 35.3 Å². The Morgan fingerprint density at radius 2 is 1.83 bits per heavy atom. The zero-order valence-electron chi connectivity index (χ0n) is 22.4. The third kappa shape index (κ3) is 9.37. The molecule has 3 aromatic rings. The van der Waals surface area contributed by atoms with E-state index in [1.807, 2.05) is 0 Å². The average Bonchev–Trinajstić information content (AvgIpc) is 3.21. The molecule has 4 N–H and O–H groups in total. The fourth-order valence-electron chi connectivity index (χ4n) is 3.62. The minimum absolute atomic E-state index is 0.00832. The van der Waals surface area contributed by atoms with Gasteiger partial charge in [0.25, 0.3) is 0 Å². The van der Waals surface area contributed by atoms with Gasteiger partial charge in [-0.25, -0.2) is 32.1 Å². The molecule has 0 aliphatic carbocycles. The van der Waals surface area contributed by atoms with Crippen LogP contribution in [0, 0.1) is 11.6 Å². The molecule has 0 saturated heterocycles. The molecule has 41 heavy (non-hydrogen) atoms. The third-order valence-corrected chi connectivity index (χ3v) is 8.17. The van der Waals surface area contributed by atoms with Gasteiger partial charge in [-0.2, -0.15) is 13.2 Å². The van der Waals surface area contributed by atoms with Crippen molar-refractivity contribution in [3.05, 3.63) is 47.8 Å². The Bertz CT molecular complexity index is 1490. The van der Waals surface area contributed by atoms with Crippen molar-refractivity contribution in [1.82, 2.24) is 14.9 Å². The van der Waals surface area contributed by atoms with Crippen LogP contribution >= 0.6 is 0 Å². The highest BCUT2D eigenvalue weighted by Crippen LogP contribution is 2.42. The van der Waals surface area contributed by atoms with Gasteiger partial charge in [0.05, 0.1) is 16.7 Å². The van der Waals surface area contributed by atoms with E-state index in [4.69, 9.17) is 14.6 Å². The highest BCUT2D eigenvalue weighted by Gasteiger charge is 2.37. The lowest BCUT2D eigenvalue weighted by molar-refractivity contribution is -0.136. The van der Waals surface area contributed by atoms with Crippen LogP contribution in [-0.4, -0.2) is 51.0 Å². The van der Waals surface area contributed by atoms with Crippen LogP contribution in [0.25, 0.3) is 11.0 Å². The van der Waals surface area contributed by atoms with Crippen LogP contribution in [0.1, 0.15) is 12.0 Å². The first-order valence-electron chi connectivity index (χ1n) is 12.3. The van der Waals surface area contributed by atoms with Crippen molar-refractivity contribution in [2.75, 3.05) is 24.2 Å². The van der Waals surface area contributed by atoms with E-state index in [-0.39, 0.29) is 36.8 Å². The summed E-state index contributed by atoms with van der Waals surface area (Å²) in [7, 11) is -5.15. The number of nitrogens with one attached hydrogen (secondary N) is 2. The van der Waals surface area contributed by atoms with E-state index >= 15 is 0 Å². The molecule has 2 heterocycles. The SMILES string of the molecule is C[Si](C)(C)CCOCn1cc(C(F)(F)F)c2c(Oc3c(F)cc(NC(=O)NCCCS(N)(=O)=O)cc3F)ccnc21. The number of pyridine rings is 1. The predicted molar refractivity (Wildman–Crippen MR) is 145 cm³/mol. The number of carbonyl (C=O) groups excluding carboxylic acids is 1. The summed E-state index contributed by atoms with van der Waals surface area (Å²) in [6.45, 7) is 6.43. The molecule has 0 spiro atoms. The summed E-state index contributed by atoms with van der Waals surface area (Å²) < 4.78 is 105. The normalized spacial score (nSPS) is 12.5. The van der Waals surface area contributed by atoms with Crippen molar-refractivity contribution in [2.45, 2.75) is 45.0 Å². The zero-order valence-corrected chi connectivity index (χ0v) is 24.3. The molecule has 0 aliphatic rings. The van der Waals surface area contributed by atoms with Crippen LogP contribution in [0.3, 0.4) is 0 Å². The molecule has 3 rings (SSSR count). The number of urea groups is 1. The number of primary sulfonamides is 1. The molecule has 0 fully saturated rings. The molecule has 0 bridgehead atoms. The quantitative estimate of drug-likeness (QED) is 0.143. The number of carbonyl (C=O) groups is 1. The summed E-state index contributed by atoms with van der Waals surface area (Å²) >= 11 is 0. The van der Waals surface area contributed by atoms with Crippen molar-refractivity contribution in [3.63, 3.8) is 0 Å². The number of aromatic nitrogens is 2. The zero-order chi connectivity index (χ0) is 30.6. The van der Waals surface area contributed by atoms with E-state index < -0.39 is 64.4 Å². The van der Waals surface area contributed by atoms with Gasteiger partial charge in [-0.3, -0.25) is 0 Å². The topological polar surface area (TPSA) is 138 Å². The number of alkyl halides is 3. The number of nitrogens with zero attached hydrogens (tertiary/aromatic N) is 2. The summed E-state index contributed by atoms with van der Waals surface area (Å²) in [6, 6.07) is 2.38. The maximum Gasteiger partial charge on any atom is 0.418 e. The van der Waals surface area contributed by atoms with Crippen molar-refractivity contribution >= 4 is 40.8 Å². The van der Waals surface area contributed by atoms with Gasteiger partial charge in [0.1, 0.15) is 18.1 Å². The van der Waals surface area contributed by atoms with Crippen LogP contribution in [0.2, 0.25) is 25.7 Å². The smallest absolute Gasteiger partial charge is 0.418 e. The Hall–Kier alpha value is -3.28. The number of rotatable bonds is 12. The lowest BCUT2D eigenvalue weighted by Crippen LogP contribution is -2.31. The van der Waals surface area contributed by atoms with Crippen molar-refractivity contribution in [3.8, 4) is 11.5 Å². The van der Waals surface area contributed by atoms with Crippen LogP contribution in [-0.2, 0) is 27.7 Å². The van der Waals surface area contributed by atoms with Gasteiger partial charge in [-0.1, -0.05) is 19.6 Å². The second-order valence-corrected chi connectivity index (χ2v) is 17.7. The summed E-state index contributed by atoms with van der Waals surface area (Å²) in [5, 5.41) is 8.82. The van der Waals surface area contributed by atoms with Gasteiger partial charge in [0, 0.05) is 51.4 Å². The monoisotopic (exact) mass is 623 g/mol. The number of ether oxygens (including phenoxy) is 2. The Balaban J connectivity index is 1.82. The van der Waals surface area contributed by atoms with E-state index in [0.717, 1.165) is 29.1 Å². The number of nitrogens with two attached hydrogens (primary N) is 1. The predicted octanol–water partition coefficient (Wildman–Crippen LogP) is 5.24. The number of amides is 2. The van der Waals surface area contributed by atoms with Gasteiger partial charge in [-0.05, 0) is 18.5 Å². The molecule has 0 unspecified atom stereocenters. The van der Waals surface area contributed by atoms with Gasteiger partial charge in [0.2, 0.25) is 10.0 Å². The molecule has 0 saturated carbocycles. The van der Waals surface area contributed by atoms with Gasteiger partial charge < -0.3 is 24.7 Å². The third-order valence-electron chi connectivity index (χ3n) is 5.61. The van der Waals surface area contributed by atoms with Crippen LogP contribution in [0.4, 0.5) is 32.4 Å². The van der Waals surface area contributed by atoms with Gasteiger partial charge in [0.15, 0.2) is 17.4 Å². The van der Waals surface area contributed by atoms with E-state index in [9.17, 15) is 35.2 Å². The summed E-state index contributed by atoms with van der Waals surface area (Å²) in [5.41, 5.74) is -1.60. The molecule has 17 heteroatoms. The standard InChI is InChI=1S/C24H30F5N5O5SSi/c1-41(2,3)10-8-38-14-34-13-16(24(27,28)29)20-19(5-7-31-22(20)34)39-21-17(25)11-15(12-18(21)26)33-23(35)32-6-4-9-40(30,36)37/h5,7,11-13H,4,6,8-10,14H2,1-3H3,(H2,30,36,37)(H2,32,33,35). The molecule has 1 aromatic carbocycles. The fraction of sp³-hybridized carbons (Fsp3) is 0.417. The maximum atomic E-state index is 14.8. The number of hydrogen-bond acceptors (Lipinski definition) is 6. The fourth-order valence-corrected chi connectivity index (χ4v) is 4.92.